The average molecular weight is 387 g/mol. The van der Waals surface area contributed by atoms with Gasteiger partial charge in [-0.05, 0) is 30.5 Å². The number of allylic oxidation sites excluding steroid dienone is 1. The van der Waals surface area contributed by atoms with Gasteiger partial charge in [0.1, 0.15) is 11.4 Å². The summed E-state index contributed by atoms with van der Waals surface area (Å²) in [7, 11) is 0. The Balaban J connectivity index is 1.65. The molecule has 0 amide bonds. The molecule has 1 fully saturated rings. The average Bonchev–Trinajstić information content (AvgIpc) is 3.03. The minimum absolute atomic E-state index is 0.0942. The fraction of sp³-hybridized carbons (Fsp3) is 0.368. The molecule has 2 aliphatic heterocycles. The van der Waals surface area contributed by atoms with Gasteiger partial charge in [-0.2, -0.15) is 0 Å². The number of carbonyl (C=O) groups is 1. The van der Waals surface area contributed by atoms with Gasteiger partial charge in [0.15, 0.2) is 0 Å². The summed E-state index contributed by atoms with van der Waals surface area (Å²) in [5, 5.41) is 9.92. The van der Waals surface area contributed by atoms with Crippen LogP contribution in [0.25, 0.3) is 10.9 Å². The van der Waals surface area contributed by atoms with Gasteiger partial charge in [-0.1, -0.05) is 17.8 Å². The number of thioether (sulfide) groups is 1. The van der Waals surface area contributed by atoms with E-state index < -0.39 is 17.2 Å². The molecule has 6 nitrogen and oxygen atoms in total. The van der Waals surface area contributed by atoms with Crippen molar-refractivity contribution in [2.24, 2.45) is 11.7 Å². The second kappa shape index (κ2) is 5.84. The van der Waals surface area contributed by atoms with Crippen LogP contribution in [0.2, 0.25) is 0 Å². The van der Waals surface area contributed by atoms with Crippen molar-refractivity contribution in [1.29, 1.82) is 0 Å². The molecule has 27 heavy (non-hydrogen) atoms. The normalized spacial score (nSPS) is 23.6. The highest BCUT2D eigenvalue weighted by Gasteiger charge is 2.35. The summed E-state index contributed by atoms with van der Waals surface area (Å²) < 4.78 is 16.7. The topological polar surface area (TPSA) is 88.6 Å². The number of aromatic nitrogens is 1. The SMILES string of the molecule is NC1CCC=C2CN(c3cc4c(cc3F)c(=O)c(C(=O)O)c3n4CS3)CC21. The summed E-state index contributed by atoms with van der Waals surface area (Å²) >= 11 is 1.32. The van der Waals surface area contributed by atoms with Crippen LogP contribution in [0, 0.1) is 11.7 Å². The van der Waals surface area contributed by atoms with Gasteiger partial charge in [0.05, 0.1) is 22.1 Å². The number of carboxylic acids is 1. The summed E-state index contributed by atoms with van der Waals surface area (Å²) in [5.41, 5.74) is 7.64. The van der Waals surface area contributed by atoms with E-state index >= 15 is 0 Å². The number of hydrogen-bond acceptors (Lipinski definition) is 5. The van der Waals surface area contributed by atoms with Crippen molar-refractivity contribution in [2.45, 2.75) is 29.8 Å². The van der Waals surface area contributed by atoms with E-state index in [-0.39, 0.29) is 22.9 Å². The van der Waals surface area contributed by atoms with Gasteiger partial charge in [0, 0.05) is 30.4 Å². The number of benzene rings is 1. The molecule has 2 unspecified atom stereocenters. The molecule has 140 valence electrons. The summed E-state index contributed by atoms with van der Waals surface area (Å²) in [4.78, 5) is 26.0. The second-order valence-electron chi connectivity index (χ2n) is 7.34. The maximum absolute atomic E-state index is 14.9. The minimum atomic E-state index is -1.27. The highest BCUT2D eigenvalue weighted by molar-refractivity contribution is 7.99. The Kier molecular flexibility index (Phi) is 3.64. The van der Waals surface area contributed by atoms with E-state index in [2.05, 4.69) is 6.08 Å². The van der Waals surface area contributed by atoms with Crippen molar-refractivity contribution >= 4 is 34.3 Å². The standard InChI is InChI=1S/C19H18FN3O3S/c20-12-4-10-14(23-8-27-18(23)16(17(10)24)19(25)26)5-15(12)22-6-9-2-1-3-13(21)11(9)7-22/h2,4-5,11,13H,1,3,6-8,21H2,(H,25,26). The summed E-state index contributed by atoms with van der Waals surface area (Å²) in [6.07, 6.45) is 4.11. The van der Waals surface area contributed by atoms with Gasteiger partial charge in [-0.3, -0.25) is 4.79 Å². The fourth-order valence-corrected chi connectivity index (χ4v) is 5.38. The number of aromatic carboxylic acids is 1. The van der Waals surface area contributed by atoms with Crippen molar-refractivity contribution in [3.8, 4) is 0 Å². The number of nitrogens with two attached hydrogens (primary N) is 1. The van der Waals surface area contributed by atoms with Crippen LogP contribution in [0.3, 0.4) is 0 Å². The van der Waals surface area contributed by atoms with Crippen LogP contribution in [-0.2, 0) is 5.88 Å². The Bertz CT molecular complexity index is 1090. The number of hydrogen-bond donors (Lipinski definition) is 2. The molecule has 3 N–H and O–H groups in total. The van der Waals surface area contributed by atoms with E-state index in [0.29, 0.717) is 35.2 Å². The van der Waals surface area contributed by atoms with E-state index in [0.717, 1.165) is 12.8 Å². The minimum Gasteiger partial charge on any atom is -0.477 e. The van der Waals surface area contributed by atoms with Gasteiger partial charge in [0.2, 0.25) is 5.43 Å². The van der Waals surface area contributed by atoms with E-state index in [1.54, 1.807) is 10.6 Å². The van der Waals surface area contributed by atoms with Gasteiger partial charge in [0.25, 0.3) is 0 Å². The predicted molar refractivity (Wildman–Crippen MR) is 102 cm³/mol. The predicted octanol–water partition coefficient (Wildman–Crippen LogP) is 2.39. The van der Waals surface area contributed by atoms with E-state index in [1.807, 2.05) is 4.90 Å². The van der Waals surface area contributed by atoms with Crippen molar-refractivity contribution in [3.05, 3.63) is 45.4 Å². The lowest BCUT2D eigenvalue weighted by Gasteiger charge is -2.27. The molecule has 2 aromatic rings. The highest BCUT2D eigenvalue weighted by atomic mass is 32.2. The molecule has 0 bridgehead atoms. The maximum Gasteiger partial charge on any atom is 0.342 e. The third kappa shape index (κ3) is 2.36. The fourth-order valence-electron chi connectivity index (χ4n) is 4.43. The van der Waals surface area contributed by atoms with Crippen molar-refractivity contribution in [2.75, 3.05) is 18.0 Å². The van der Waals surface area contributed by atoms with Crippen molar-refractivity contribution in [1.82, 2.24) is 4.57 Å². The van der Waals surface area contributed by atoms with Crippen molar-refractivity contribution < 1.29 is 14.3 Å². The lowest BCUT2D eigenvalue weighted by Crippen LogP contribution is -2.34. The Morgan fingerprint density at radius 1 is 1.37 bits per heavy atom. The smallest absolute Gasteiger partial charge is 0.342 e. The lowest BCUT2D eigenvalue weighted by atomic mass is 9.86. The molecule has 1 aromatic carbocycles. The quantitative estimate of drug-likeness (QED) is 0.770. The van der Waals surface area contributed by atoms with E-state index in [4.69, 9.17) is 5.73 Å². The van der Waals surface area contributed by atoms with Crippen LogP contribution in [-0.4, -0.2) is 34.8 Å². The Labute approximate surface area is 158 Å². The third-order valence-corrected chi connectivity index (χ3v) is 6.95. The summed E-state index contributed by atoms with van der Waals surface area (Å²) in [6, 6.07) is 2.97. The van der Waals surface area contributed by atoms with Gasteiger partial charge < -0.3 is 20.3 Å². The van der Waals surface area contributed by atoms with Crippen LogP contribution >= 0.6 is 11.8 Å². The molecule has 1 aliphatic carbocycles. The molecule has 3 heterocycles. The van der Waals surface area contributed by atoms with E-state index in [9.17, 15) is 19.1 Å². The van der Waals surface area contributed by atoms with Crippen LogP contribution in [0.4, 0.5) is 10.1 Å². The Morgan fingerprint density at radius 2 is 2.19 bits per heavy atom. The zero-order chi connectivity index (χ0) is 18.9. The molecule has 0 radical (unpaired) electrons. The molecule has 1 aromatic heterocycles. The zero-order valence-electron chi connectivity index (χ0n) is 14.4. The molecule has 0 spiro atoms. The lowest BCUT2D eigenvalue weighted by molar-refractivity contribution is 0.0689. The molecule has 3 aliphatic rings. The van der Waals surface area contributed by atoms with E-state index in [1.165, 1.54) is 23.4 Å². The van der Waals surface area contributed by atoms with Gasteiger partial charge in [-0.15, -0.1) is 0 Å². The number of pyridine rings is 1. The van der Waals surface area contributed by atoms with Gasteiger partial charge >= 0.3 is 5.97 Å². The third-order valence-electron chi connectivity index (χ3n) is 5.86. The Hall–Kier alpha value is -2.32. The first-order valence-electron chi connectivity index (χ1n) is 8.91. The summed E-state index contributed by atoms with van der Waals surface area (Å²) in [6.45, 7) is 1.30. The number of rotatable bonds is 2. The number of carboxylic acid groups (broad SMARTS) is 1. The molecule has 0 saturated carbocycles. The second-order valence-corrected chi connectivity index (χ2v) is 8.28. The zero-order valence-corrected chi connectivity index (χ0v) is 15.3. The van der Waals surface area contributed by atoms with Crippen LogP contribution in [0.1, 0.15) is 23.2 Å². The maximum atomic E-state index is 14.9. The molecule has 8 heteroatoms. The van der Waals surface area contributed by atoms with Gasteiger partial charge in [-0.25, -0.2) is 9.18 Å². The number of fused-ring (bicyclic) bond motifs is 4. The molecular formula is C19H18FN3O3S. The molecule has 5 rings (SSSR count). The van der Waals surface area contributed by atoms with Crippen LogP contribution in [0.15, 0.2) is 33.6 Å². The van der Waals surface area contributed by atoms with Crippen LogP contribution in [0.5, 0.6) is 0 Å². The first-order chi connectivity index (χ1) is 13.0. The molecule has 2 atom stereocenters. The largest absolute Gasteiger partial charge is 0.477 e. The highest BCUT2D eigenvalue weighted by Crippen LogP contribution is 2.40. The Morgan fingerprint density at radius 3 is 2.85 bits per heavy atom. The molecule has 1 saturated heterocycles. The number of anilines is 1. The van der Waals surface area contributed by atoms with Crippen LogP contribution < -0.4 is 16.1 Å². The summed E-state index contributed by atoms with van der Waals surface area (Å²) in [5.74, 6) is -0.983. The first kappa shape index (κ1) is 16.8. The molecular weight excluding hydrogens is 369 g/mol. The van der Waals surface area contributed by atoms with Crippen molar-refractivity contribution in [3.63, 3.8) is 0 Å². The number of nitrogens with zero attached hydrogens (tertiary/aromatic N) is 2. The monoisotopic (exact) mass is 387 g/mol. The number of halogens is 1. The first-order valence-corrected chi connectivity index (χ1v) is 9.90.